The number of rotatable bonds is 3. The minimum Gasteiger partial charge on any atom is -0.388 e. The van der Waals surface area contributed by atoms with Gasteiger partial charge in [-0.1, -0.05) is 63.0 Å². The Labute approximate surface area is 136 Å². The molecule has 0 bridgehead atoms. The van der Waals surface area contributed by atoms with E-state index in [0.717, 1.165) is 27.2 Å². The summed E-state index contributed by atoms with van der Waals surface area (Å²) in [6, 6.07) is 15.0. The van der Waals surface area contributed by atoms with Crippen LogP contribution < -0.4 is 0 Å². The number of aliphatic hydroxyl groups is 1. The van der Waals surface area contributed by atoms with Gasteiger partial charge in [0.1, 0.15) is 6.29 Å². The molecule has 0 saturated heterocycles. The maximum Gasteiger partial charge on any atom is 0.150 e. The Hall–Kier alpha value is -0.970. The van der Waals surface area contributed by atoms with E-state index in [1.807, 2.05) is 43.3 Å². The van der Waals surface area contributed by atoms with Crippen LogP contribution in [0.25, 0.3) is 0 Å². The van der Waals surface area contributed by atoms with Gasteiger partial charge in [0.25, 0.3) is 0 Å². The SMILES string of the molecule is CCC(O)c1cccc(Br)c1.O=Cc1cccc(Br)c1. The lowest BCUT2D eigenvalue weighted by molar-refractivity contribution is 0.112. The molecule has 1 unspecified atom stereocenters. The van der Waals surface area contributed by atoms with E-state index < -0.39 is 0 Å². The average molecular weight is 400 g/mol. The van der Waals surface area contributed by atoms with E-state index in [1.165, 1.54) is 0 Å². The molecule has 0 saturated carbocycles. The molecule has 0 amide bonds. The average Bonchev–Trinajstić information content (AvgIpc) is 2.47. The molecule has 0 fully saturated rings. The molecule has 0 aromatic heterocycles. The van der Waals surface area contributed by atoms with E-state index in [-0.39, 0.29) is 6.10 Å². The van der Waals surface area contributed by atoms with Crippen LogP contribution in [0.2, 0.25) is 0 Å². The van der Waals surface area contributed by atoms with Crippen molar-refractivity contribution in [1.29, 1.82) is 0 Å². The van der Waals surface area contributed by atoms with Gasteiger partial charge in [0.2, 0.25) is 0 Å². The zero-order valence-corrected chi connectivity index (χ0v) is 14.3. The second-order valence-corrected chi connectivity index (χ2v) is 5.98. The maximum atomic E-state index is 10.1. The first-order chi connectivity index (χ1) is 9.56. The zero-order valence-electron chi connectivity index (χ0n) is 11.1. The van der Waals surface area contributed by atoms with Crippen molar-refractivity contribution in [3.05, 3.63) is 68.6 Å². The van der Waals surface area contributed by atoms with Crippen LogP contribution in [0.1, 0.15) is 35.4 Å². The molecule has 20 heavy (non-hydrogen) atoms. The van der Waals surface area contributed by atoms with Crippen LogP contribution in [0, 0.1) is 0 Å². The number of benzene rings is 2. The van der Waals surface area contributed by atoms with Crippen LogP contribution in [-0.2, 0) is 0 Å². The molecule has 1 N–H and O–H groups in total. The molecule has 2 nitrogen and oxygen atoms in total. The van der Waals surface area contributed by atoms with Gasteiger partial charge in [-0.05, 0) is 36.2 Å². The molecular formula is C16H16Br2O2. The third-order valence-electron chi connectivity index (χ3n) is 2.60. The first kappa shape index (κ1) is 17.1. The molecule has 2 aromatic carbocycles. The molecule has 1 atom stereocenters. The number of aldehydes is 1. The van der Waals surface area contributed by atoms with Crippen molar-refractivity contribution in [2.75, 3.05) is 0 Å². The highest BCUT2D eigenvalue weighted by Crippen LogP contribution is 2.19. The fraction of sp³-hybridized carbons (Fsp3) is 0.188. The summed E-state index contributed by atoms with van der Waals surface area (Å²) in [7, 11) is 0. The molecular weight excluding hydrogens is 384 g/mol. The van der Waals surface area contributed by atoms with Crippen LogP contribution in [0.15, 0.2) is 57.5 Å². The highest BCUT2D eigenvalue weighted by atomic mass is 79.9. The maximum absolute atomic E-state index is 10.1. The van der Waals surface area contributed by atoms with Gasteiger partial charge in [-0.2, -0.15) is 0 Å². The fourth-order valence-electron chi connectivity index (χ4n) is 1.53. The monoisotopic (exact) mass is 398 g/mol. The Morgan fingerprint density at radius 3 is 2.15 bits per heavy atom. The highest BCUT2D eigenvalue weighted by molar-refractivity contribution is 9.10. The Morgan fingerprint density at radius 2 is 1.70 bits per heavy atom. The summed E-state index contributed by atoms with van der Waals surface area (Å²) in [4.78, 5) is 10.1. The summed E-state index contributed by atoms with van der Waals surface area (Å²) in [5.41, 5.74) is 1.67. The second kappa shape index (κ2) is 9.06. The third kappa shape index (κ3) is 5.99. The minimum absolute atomic E-state index is 0.326. The molecule has 0 aliphatic carbocycles. The Morgan fingerprint density at radius 1 is 1.10 bits per heavy atom. The molecule has 0 aliphatic rings. The van der Waals surface area contributed by atoms with Crippen LogP contribution >= 0.6 is 31.9 Å². The summed E-state index contributed by atoms with van der Waals surface area (Å²) in [6.45, 7) is 1.96. The van der Waals surface area contributed by atoms with E-state index in [2.05, 4.69) is 31.9 Å². The minimum atomic E-state index is -0.326. The predicted molar refractivity (Wildman–Crippen MR) is 88.9 cm³/mol. The molecule has 0 radical (unpaired) electrons. The van der Waals surface area contributed by atoms with Gasteiger partial charge >= 0.3 is 0 Å². The van der Waals surface area contributed by atoms with Gasteiger partial charge in [0.05, 0.1) is 6.10 Å². The lowest BCUT2D eigenvalue weighted by Gasteiger charge is -2.07. The summed E-state index contributed by atoms with van der Waals surface area (Å²) >= 11 is 6.59. The standard InChI is InChI=1S/C9H11BrO.C7H5BrO/c1-2-9(11)7-4-3-5-8(10)6-7;8-7-3-1-2-6(4-7)5-9/h3-6,9,11H,2H2,1H3;1-5H. The topological polar surface area (TPSA) is 37.3 Å². The lowest BCUT2D eigenvalue weighted by Crippen LogP contribution is -1.93. The van der Waals surface area contributed by atoms with Gasteiger partial charge in [-0.25, -0.2) is 0 Å². The van der Waals surface area contributed by atoms with Crippen LogP contribution in [0.5, 0.6) is 0 Å². The lowest BCUT2D eigenvalue weighted by atomic mass is 10.1. The predicted octanol–water partition coefficient (Wildman–Crippen LogP) is 5.15. The summed E-state index contributed by atoms with van der Waals surface area (Å²) in [6.07, 6.45) is 1.26. The Bertz CT molecular complexity index is 556. The number of hydrogen-bond donors (Lipinski definition) is 1. The van der Waals surface area contributed by atoms with E-state index >= 15 is 0 Å². The zero-order chi connectivity index (χ0) is 15.0. The first-order valence-corrected chi connectivity index (χ1v) is 7.79. The highest BCUT2D eigenvalue weighted by Gasteiger charge is 2.03. The van der Waals surface area contributed by atoms with Gasteiger partial charge in [0, 0.05) is 14.5 Å². The largest absolute Gasteiger partial charge is 0.388 e. The number of aliphatic hydroxyl groups excluding tert-OH is 1. The van der Waals surface area contributed by atoms with Crippen molar-refractivity contribution in [2.45, 2.75) is 19.4 Å². The number of carbonyl (C=O) groups excluding carboxylic acids is 1. The second-order valence-electron chi connectivity index (χ2n) is 4.15. The molecule has 106 valence electrons. The van der Waals surface area contributed by atoms with Crippen molar-refractivity contribution >= 4 is 38.1 Å². The Kier molecular flexibility index (Phi) is 7.73. The fourth-order valence-corrected chi connectivity index (χ4v) is 2.36. The summed E-state index contributed by atoms with van der Waals surface area (Å²) < 4.78 is 1.95. The van der Waals surface area contributed by atoms with Gasteiger partial charge in [0.15, 0.2) is 0 Å². The first-order valence-electron chi connectivity index (χ1n) is 6.21. The van der Waals surface area contributed by atoms with Gasteiger partial charge < -0.3 is 5.11 Å². The van der Waals surface area contributed by atoms with Gasteiger partial charge in [-0.15, -0.1) is 0 Å². The van der Waals surface area contributed by atoms with Crippen LogP contribution in [0.4, 0.5) is 0 Å². The van der Waals surface area contributed by atoms with Crippen molar-refractivity contribution < 1.29 is 9.90 Å². The molecule has 0 aliphatic heterocycles. The molecule has 2 aromatic rings. The van der Waals surface area contributed by atoms with Crippen molar-refractivity contribution in [3.63, 3.8) is 0 Å². The van der Waals surface area contributed by atoms with Crippen molar-refractivity contribution in [3.8, 4) is 0 Å². The van der Waals surface area contributed by atoms with Crippen LogP contribution in [0.3, 0.4) is 0 Å². The summed E-state index contributed by atoms with van der Waals surface area (Å²) in [5.74, 6) is 0. The smallest absolute Gasteiger partial charge is 0.150 e. The number of halogens is 2. The van der Waals surface area contributed by atoms with Crippen LogP contribution in [-0.4, -0.2) is 11.4 Å². The van der Waals surface area contributed by atoms with Crippen molar-refractivity contribution in [1.82, 2.24) is 0 Å². The quantitative estimate of drug-likeness (QED) is 0.724. The van der Waals surface area contributed by atoms with Gasteiger partial charge in [-0.3, -0.25) is 4.79 Å². The summed E-state index contributed by atoms with van der Waals surface area (Å²) in [5, 5.41) is 9.43. The van der Waals surface area contributed by atoms with E-state index in [9.17, 15) is 9.90 Å². The molecule has 4 heteroatoms. The number of hydrogen-bond acceptors (Lipinski definition) is 2. The van der Waals surface area contributed by atoms with E-state index in [0.29, 0.717) is 5.56 Å². The van der Waals surface area contributed by atoms with E-state index in [1.54, 1.807) is 12.1 Å². The molecule has 0 heterocycles. The molecule has 0 spiro atoms. The normalized spacial score (nSPS) is 11.2. The van der Waals surface area contributed by atoms with E-state index in [4.69, 9.17) is 0 Å². The molecule has 2 rings (SSSR count). The Balaban J connectivity index is 0.000000204. The third-order valence-corrected chi connectivity index (χ3v) is 3.59. The van der Waals surface area contributed by atoms with Crippen molar-refractivity contribution in [2.24, 2.45) is 0 Å². The number of carbonyl (C=O) groups is 1.